The summed E-state index contributed by atoms with van der Waals surface area (Å²) in [5, 5.41) is 7.96. The molecule has 0 spiro atoms. The molecule has 0 saturated carbocycles. The molecule has 0 bridgehead atoms. The van der Waals surface area contributed by atoms with E-state index < -0.39 is 0 Å². The van der Waals surface area contributed by atoms with Crippen LogP contribution in [0.25, 0.3) is 0 Å². The Morgan fingerprint density at radius 1 is 1.25 bits per heavy atom. The molecule has 1 aromatic carbocycles. The molecule has 3 nitrogen and oxygen atoms in total. The molecule has 3 heteroatoms. The number of rotatable bonds is 2. The Morgan fingerprint density at radius 3 is 2.75 bits per heavy atom. The number of aromatic nitrogens is 1. The molecular formula is C17H19N3. The quantitative estimate of drug-likeness (QED) is 0.818. The molecule has 3 rings (SSSR count). The van der Waals surface area contributed by atoms with Gasteiger partial charge in [0.05, 0.1) is 5.69 Å². The average Bonchev–Trinajstić information content (AvgIpc) is 2.46. The van der Waals surface area contributed by atoms with E-state index in [9.17, 15) is 0 Å². The van der Waals surface area contributed by atoms with Crippen LogP contribution in [0.5, 0.6) is 0 Å². The lowest BCUT2D eigenvalue weighted by atomic mass is 9.80. The molecule has 1 atom stereocenters. The van der Waals surface area contributed by atoms with Crippen molar-refractivity contribution in [3.05, 3.63) is 58.9 Å². The van der Waals surface area contributed by atoms with E-state index in [-0.39, 0.29) is 0 Å². The van der Waals surface area contributed by atoms with E-state index in [4.69, 9.17) is 11.1 Å². The van der Waals surface area contributed by atoms with Gasteiger partial charge in [-0.3, -0.25) is 4.98 Å². The third-order valence-electron chi connectivity index (χ3n) is 4.12. The molecule has 1 heterocycles. The number of nitrogens with zero attached hydrogens (tertiary/aromatic N) is 1. The summed E-state index contributed by atoms with van der Waals surface area (Å²) >= 11 is 0. The lowest BCUT2D eigenvalue weighted by Crippen LogP contribution is -2.17. The molecule has 1 aliphatic carbocycles. The summed E-state index contributed by atoms with van der Waals surface area (Å²) in [6.07, 6.45) is 4.91. The molecule has 0 saturated heterocycles. The average molecular weight is 265 g/mol. The summed E-state index contributed by atoms with van der Waals surface area (Å²) in [4.78, 5) is 4.54. The Bertz CT molecular complexity index is 661. The van der Waals surface area contributed by atoms with E-state index in [2.05, 4.69) is 29.2 Å². The van der Waals surface area contributed by atoms with E-state index in [0.717, 1.165) is 30.5 Å². The van der Waals surface area contributed by atoms with Gasteiger partial charge in [-0.1, -0.05) is 24.3 Å². The van der Waals surface area contributed by atoms with Gasteiger partial charge in [0.15, 0.2) is 0 Å². The van der Waals surface area contributed by atoms with Gasteiger partial charge in [0, 0.05) is 29.1 Å². The van der Waals surface area contributed by atoms with Gasteiger partial charge in [-0.2, -0.15) is 0 Å². The van der Waals surface area contributed by atoms with Gasteiger partial charge in [0.25, 0.3) is 0 Å². The summed E-state index contributed by atoms with van der Waals surface area (Å²) < 4.78 is 0. The maximum atomic E-state index is 7.96. The molecule has 1 aromatic heterocycles. The zero-order valence-corrected chi connectivity index (χ0v) is 11.7. The maximum Gasteiger partial charge on any atom is 0.0548 e. The summed E-state index contributed by atoms with van der Waals surface area (Å²) in [6, 6.07) is 10.4. The number of nitrogen functional groups attached to an aromatic ring is 1. The number of hydrogen-bond acceptors (Lipinski definition) is 3. The molecule has 0 radical (unpaired) electrons. The van der Waals surface area contributed by atoms with Crippen LogP contribution in [0.4, 0.5) is 5.69 Å². The van der Waals surface area contributed by atoms with Crippen molar-refractivity contribution in [2.45, 2.75) is 32.1 Å². The van der Waals surface area contributed by atoms with Crippen molar-refractivity contribution in [1.82, 2.24) is 4.98 Å². The minimum atomic E-state index is 0.365. The lowest BCUT2D eigenvalue weighted by molar-refractivity contribution is 0.570. The molecular weight excluding hydrogens is 246 g/mol. The first-order valence-corrected chi connectivity index (χ1v) is 7.03. The van der Waals surface area contributed by atoms with Crippen molar-refractivity contribution in [1.29, 1.82) is 5.41 Å². The molecule has 20 heavy (non-hydrogen) atoms. The highest BCUT2D eigenvalue weighted by Gasteiger charge is 2.24. The highest BCUT2D eigenvalue weighted by Crippen LogP contribution is 2.34. The number of benzene rings is 1. The molecule has 2 aromatic rings. The van der Waals surface area contributed by atoms with Gasteiger partial charge < -0.3 is 11.1 Å². The van der Waals surface area contributed by atoms with Crippen LogP contribution < -0.4 is 5.73 Å². The van der Waals surface area contributed by atoms with E-state index in [1.165, 1.54) is 11.1 Å². The van der Waals surface area contributed by atoms with Gasteiger partial charge in [0.2, 0.25) is 0 Å². The minimum Gasteiger partial charge on any atom is -0.398 e. The van der Waals surface area contributed by atoms with Gasteiger partial charge in [-0.15, -0.1) is 0 Å². The van der Waals surface area contributed by atoms with Gasteiger partial charge >= 0.3 is 0 Å². The van der Waals surface area contributed by atoms with Gasteiger partial charge in [-0.25, -0.2) is 0 Å². The van der Waals surface area contributed by atoms with Crippen molar-refractivity contribution in [3.63, 3.8) is 0 Å². The first-order valence-electron chi connectivity index (χ1n) is 7.03. The number of pyridine rings is 1. The lowest BCUT2D eigenvalue weighted by Gasteiger charge is -2.26. The van der Waals surface area contributed by atoms with Crippen molar-refractivity contribution < 1.29 is 0 Å². The van der Waals surface area contributed by atoms with Crippen molar-refractivity contribution in [2.75, 3.05) is 5.73 Å². The first kappa shape index (κ1) is 12.9. The smallest absolute Gasteiger partial charge is 0.0548 e. The second kappa shape index (κ2) is 5.08. The zero-order valence-electron chi connectivity index (χ0n) is 11.7. The molecule has 0 aliphatic heterocycles. The van der Waals surface area contributed by atoms with E-state index in [0.29, 0.717) is 17.3 Å². The topological polar surface area (TPSA) is 62.8 Å². The van der Waals surface area contributed by atoms with Crippen LogP contribution in [-0.2, 0) is 12.8 Å². The van der Waals surface area contributed by atoms with Crippen LogP contribution >= 0.6 is 0 Å². The fourth-order valence-electron chi connectivity index (χ4n) is 3.14. The number of anilines is 1. The Balaban J connectivity index is 2.00. The summed E-state index contributed by atoms with van der Waals surface area (Å²) in [7, 11) is 0. The van der Waals surface area contributed by atoms with Crippen LogP contribution in [0.15, 0.2) is 36.5 Å². The molecule has 3 N–H and O–H groups in total. The SMILES string of the molecule is CC(=N)c1c(N)ccnc1C1CCc2ccccc2C1. The number of nitrogens with two attached hydrogens (primary N) is 1. The predicted octanol–water partition coefficient (Wildman–Crippen LogP) is 3.32. The van der Waals surface area contributed by atoms with Crippen LogP contribution in [0.1, 0.15) is 41.6 Å². The van der Waals surface area contributed by atoms with E-state index in [1.54, 1.807) is 19.2 Å². The van der Waals surface area contributed by atoms with Crippen LogP contribution in [0, 0.1) is 5.41 Å². The van der Waals surface area contributed by atoms with Crippen LogP contribution in [0.3, 0.4) is 0 Å². The first-order chi connectivity index (χ1) is 9.66. The summed E-state index contributed by atoms with van der Waals surface area (Å²) in [5.41, 5.74) is 11.9. The van der Waals surface area contributed by atoms with Crippen LogP contribution in [0.2, 0.25) is 0 Å². The minimum absolute atomic E-state index is 0.365. The largest absolute Gasteiger partial charge is 0.398 e. The molecule has 1 aliphatic rings. The standard InChI is InChI=1S/C17H19N3/c1-11(18)16-15(19)8-9-20-17(16)14-7-6-12-4-2-3-5-13(12)10-14/h2-5,8-9,14,18H,6-7,10H2,1H3,(H2,19,20). The second-order valence-electron chi connectivity index (χ2n) is 5.49. The fraction of sp³-hybridized carbons (Fsp3) is 0.294. The Labute approximate surface area is 119 Å². The predicted molar refractivity (Wildman–Crippen MR) is 82.4 cm³/mol. The van der Waals surface area contributed by atoms with E-state index >= 15 is 0 Å². The highest BCUT2D eigenvalue weighted by atomic mass is 14.7. The molecule has 0 fully saturated rings. The van der Waals surface area contributed by atoms with Gasteiger partial charge in [0.1, 0.15) is 0 Å². The number of nitrogens with one attached hydrogen (secondary N) is 1. The summed E-state index contributed by atoms with van der Waals surface area (Å²) in [6.45, 7) is 1.79. The number of hydrogen-bond donors (Lipinski definition) is 2. The maximum absolute atomic E-state index is 7.96. The third-order valence-corrected chi connectivity index (χ3v) is 4.12. The third kappa shape index (κ3) is 2.20. The monoisotopic (exact) mass is 265 g/mol. The number of fused-ring (bicyclic) bond motifs is 1. The van der Waals surface area contributed by atoms with E-state index in [1.807, 2.05) is 0 Å². The zero-order chi connectivity index (χ0) is 14.1. The van der Waals surface area contributed by atoms with Crippen molar-refractivity contribution in [2.24, 2.45) is 0 Å². The second-order valence-corrected chi connectivity index (χ2v) is 5.49. The molecule has 0 amide bonds. The Hall–Kier alpha value is -2.16. The molecule has 102 valence electrons. The normalized spacial score (nSPS) is 17.6. The molecule has 1 unspecified atom stereocenters. The fourth-order valence-corrected chi connectivity index (χ4v) is 3.14. The number of aryl methyl sites for hydroxylation is 1. The van der Waals surface area contributed by atoms with Gasteiger partial charge in [-0.05, 0) is 43.4 Å². The van der Waals surface area contributed by atoms with Crippen molar-refractivity contribution >= 4 is 11.4 Å². The highest BCUT2D eigenvalue weighted by molar-refractivity contribution is 6.02. The van der Waals surface area contributed by atoms with Crippen molar-refractivity contribution in [3.8, 4) is 0 Å². The summed E-state index contributed by atoms with van der Waals surface area (Å²) in [5.74, 6) is 0.365. The van der Waals surface area contributed by atoms with Crippen LogP contribution in [-0.4, -0.2) is 10.7 Å². The Morgan fingerprint density at radius 2 is 2.00 bits per heavy atom. The Kier molecular flexibility index (Phi) is 3.26.